The van der Waals surface area contributed by atoms with E-state index in [1.54, 1.807) is 0 Å². The molecule has 0 aliphatic heterocycles. The summed E-state index contributed by atoms with van der Waals surface area (Å²) in [6.45, 7) is 5.22. The minimum atomic E-state index is 0.655. The van der Waals surface area contributed by atoms with Crippen LogP contribution in [0.4, 0.5) is 5.82 Å². The number of unbranched alkanes of at least 4 members (excludes halogenated alkanes) is 1. The van der Waals surface area contributed by atoms with Gasteiger partial charge in [0.05, 0.1) is 11.6 Å². The molecule has 17 heavy (non-hydrogen) atoms. The number of hydrogen-bond donors (Lipinski definition) is 0. The van der Waals surface area contributed by atoms with Crippen molar-refractivity contribution in [3.63, 3.8) is 0 Å². The summed E-state index contributed by atoms with van der Waals surface area (Å²) in [4.78, 5) is 6.94. The first-order chi connectivity index (χ1) is 8.24. The lowest BCUT2D eigenvalue weighted by Gasteiger charge is -2.23. The molecule has 0 N–H and O–H groups in total. The minimum absolute atomic E-state index is 0.655. The molecular weight excluding hydrogens is 210 g/mol. The monoisotopic (exact) mass is 229 g/mol. The molecule has 0 radical (unpaired) electrons. The molecule has 1 aromatic heterocycles. The maximum atomic E-state index is 9.00. The highest BCUT2D eigenvalue weighted by atomic mass is 15.2. The van der Waals surface area contributed by atoms with Crippen LogP contribution >= 0.6 is 0 Å². The smallest absolute Gasteiger partial charge is 0.130 e. The predicted octanol–water partition coefficient (Wildman–Crippen LogP) is 3.03. The van der Waals surface area contributed by atoms with Crippen molar-refractivity contribution >= 4 is 5.82 Å². The van der Waals surface area contributed by atoms with Crippen LogP contribution in [-0.4, -0.2) is 17.6 Å². The van der Waals surface area contributed by atoms with Crippen LogP contribution < -0.4 is 4.90 Å². The lowest BCUT2D eigenvalue weighted by atomic mass is 10.2. The molecule has 1 aromatic rings. The number of anilines is 1. The second kappa shape index (κ2) is 5.18. The molecule has 1 aliphatic carbocycles. The molecule has 0 atom stereocenters. The Labute approximate surface area is 103 Å². The highest BCUT2D eigenvalue weighted by Gasteiger charge is 2.29. The van der Waals surface area contributed by atoms with Gasteiger partial charge >= 0.3 is 0 Å². The molecule has 1 aliphatic rings. The normalized spacial score (nSPS) is 14.4. The third-order valence-electron chi connectivity index (χ3n) is 3.10. The fraction of sp³-hybridized carbons (Fsp3) is 0.571. The molecule has 1 saturated carbocycles. The van der Waals surface area contributed by atoms with Gasteiger partial charge in [0.1, 0.15) is 5.82 Å². The number of nitriles is 1. The summed E-state index contributed by atoms with van der Waals surface area (Å²) < 4.78 is 0. The van der Waals surface area contributed by atoms with E-state index in [0.717, 1.165) is 23.6 Å². The molecule has 1 heterocycles. The van der Waals surface area contributed by atoms with Crippen molar-refractivity contribution in [3.05, 3.63) is 23.4 Å². The highest BCUT2D eigenvalue weighted by molar-refractivity contribution is 5.48. The molecule has 90 valence electrons. The standard InChI is InChI=1S/C14H19N3/c1-3-4-7-17(13-5-6-13)14-9-12(10-15)8-11(2)16-14/h8-9,13H,3-7H2,1-2H3. The van der Waals surface area contributed by atoms with E-state index in [-0.39, 0.29) is 0 Å². The average Bonchev–Trinajstić information content (AvgIpc) is 3.13. The SMILES string of the molecule is CCCCN(c1cc(C#N)cc(C)n1)C1CC1. The third kappa shape index (κ3) is 2.97. The van der Waals surface area contributed by atoms with Crippen LogP contribution in [0.5, 0.6) is 0 Å². The van der Waals surface area contributed by atoms with Crippen molar-refractivity contribution in [1.29, 1.82) is 5.26 Å². The molecule has 0 bridgehead atoms. The van der Waals surface area contributed by atoms with Gasteiger partial charge in [-0.2, -0.15) is 5.26 Å². The number of nitrogens with zero attached hydrogens (tertiary/aromatic N) is 3. The summed E-state index contributed by atoms with van der Waals surface area (Å²) in [5, 5.41) is 9.00. The number of hydrogen-bond acceptors (Lipinski definition) is 3. The Morgan fingerprint density at radius 1 is 1.47 bits per heavy atom. The highest BCUT2D eigenvalue weighted by Crippen LogP contribution is 2.31. The van der Waals surface area contributed by atoms with E-state index in [9.17, 15) is 0 Å². The van der Waals surface area contributed by atoms with Gasteiger partial charge in [-0.25, -0.2) is 4.98 Å². The minimum Gasteiger partial charge on any atom is -0.354 e. The zero-order valence-electron chi connectivity index (χ0n) is 10.6. The van der Waals surface area contributed by atoms with Crippen molar-refractivity contribution in [1.82, 2.24) is 4.98 Å². The Kier molecular flexibility index (Phi) is 3.63. The van der Waals surface area contributed by atoms with E-state index in [1.807, 2.05) is 19.1 Å². The maximum Gasteiger partial charge on any atom is 0.130 e. The van der Waals surface area contributed by atoms with E-state index in [1.165, 1.54) is 25.7 Å². The lowest BCUT2D eigenvalue weighted by molar-refractivity contribution is 0.703. The van der Waals surface area contributed by atoms with Gasteiger partial charge in [-0.05, 0) is 38.3 Å². The van der Waals surface area contributed by atoms with Gasteiger partial charge in [-0.3, -0.25) is 0 Å². The zero-order chi connectivity index (χ0) is 12.3. The molecule has 0 unspecified atom stereocenters. The van der Waals surface area contributed by atoms with Crippen LogP contribution in [0, 0.1) is 18.3 Å². The summed E-state index contributed by atoms with van der Waals surface area (Å²) in [6, 6.07) is 6.63. The van der Waals surface area contributed by atoms with Crippen molar-refractivity contribution in [2.24, 2.45) is 0 Å². The fourth-order valence-corrected chi connectivity index (χ4v) is 2.06. The van der Waals surface area contributed by atoms with Crippen LogP contribution in [0.25, 0.3) is 0 Å². The first-order valence-electron chi connectivity index (χ1n) is 6.40. The summed E-state index contributed by atoms with van der Waals surface area (Å²) in [5.74, 6) is 0.984. The number of aromatic nitrogens is 1. The van der Waals surface area contributed by atoms with Gasteiger partial charge in [0.15, 0.2) is 0 Å². The van der Waals surface area contributed by atoms with Gasteiger partial charge in [-0.1, -0.05) is 13.3 Å². The Hall–Kier alpha value is -1.56. The first kappa shape index (κ1) is 11.9. The molecule has 2 rings (SSSR count). The molecule has 3 nitrogen and oxygen atoms in total. The molecule has 0 spiro atoms. The second-order valence-electron chi connectivity index (χ2n) is 4.75. The van der Waals surface area contributed by atoms with Gasteiger partial charge < -0.3 is 4.90 Å². The molecule has 3 heteroatoms. The van der Waals surface area contributed by atoms with E-state index in [0.29, 0.717) is 6.04 Å². The third-order valence-corrected chi connectivity index (χ3v) is 3.10. The van der Waals surface area contributed by atoms with Crippen LogP contribution in [-0.2, 0) is 0 Å². The van der Waals surface area contributed by atoms with E-state index in [4.69, 9.17) is 5.26 Å². The van der Waals surface area contributed by atoms with Gasteiger partial charge in [0.25, 0.3) is 0 Å². The Morgan fingerprint density at radius 3 is 2.82 bits per heavy atom. The predicted molar refractivity (Wildman–Crippen MR) is 69.0 cm³/mol. The van der Waals surface area contributed by atoms with Crippen LogP contribution in [0.1, 0.15) is 43.9 Å². The summed E-state index contributed by atoms with van der Waals surface area (Å²) >= 11 is 0. The Balaban J connectivity index is 2.22. The average molecular weight is 229 g/mol. The summed E-state index contributed by atoms with van der Waals surface area (Å²) in [5.41, 5.74) is 1.65. The largest absolute Gasteiger partial charge is 0.354 e. The van der Waals surface area contributed by atoms with E-state index in [2.05, 4.69) is 22.9 Å². The van der Waals surface area contributed by atoms with Crippen LogP contribution in [0.3, 0.4) is 0 Å². The van der Waals surface area contributed by atoms with E-state index < -0.39 is 0 Å². The molecule has 0 aromatic carbocycles. The van der Waals surface area contributed by atoms with Gasteiger partial charge in [-0.15, -0.1) is 0 Å². The summed E-state index contributed by atoms with van der Waals surface area (Å²) in [7, 11) is 0. The molecule has 0 saturated heterocycles. The van der Waals surface area contributed by atoms with Crippen molar-refractivity contribution in [3.8, 4) is 6.07 Å². The summed E-state index contributed by atoms with van der Waals surface area (Å²) in [6.07, 6.45) is 4.91. The van der Waals surface area contributed by atoms with Crippen molar-refractivity contribution < 1.29 is 0 Å². The Bertz CT molecular complexity index is 430. The van der Waals surface area contributed by atoms with Crippen LogP contribution in [0.2, 0.25) is 0 Å². The van der Waals surface area contributed by atoms with Crippen molar-refractivity contribution in [2.45, 2.75) is 45.6 Å². The molecular formula is C14H19N3. The lowest BCUT2D eigenvalue weighted by Crippen LogP contribution is -2.27. The fourth-order valence-electron chi connectivity index (χ4n) is 2.06. The number of aryl methyl sites for hydroxylation is 1. The molecule has 0 amide bonds. The van der Waals surface area contributed by atoms with E-state index >= 15 is 0 Å². The molecule has 1 fully saturated rings. The topological polar surface area (TPSA) is 39.9 Å². The van der Waals surface area contributed by atoms with Gasteiger partial charge in [0, 0.05) is 18.3 Å². The number of pyridine rings is 1. The van der Waals surface area contributed by atoms with Crippen LogP contribution in [0.15, 0.2) is 12.1 Å². The zero-order valence-corrected chi connectivity index (χ0v) is 10.6. The quantitative estimate of drug-likeness (QED) is 0.779. The Morgan fingerprint density at radius 2 is 2.24 bits per heavy atom. The second-order valence-corrected chi connectivity index (χ2v) is 4.75. The maximum absolute atomic E-state index is 9.00. The first-order valence-corrected chi connectivity index (χ1v) is 6.40. The van der Waals surface area contributed by atoms with Gasteiger partial charge in [0.2, 0.25) is 0 Å². The number of rotatable bonds is 5. The van der Waals surface area contributed by atoms with Crippen molar-refractivity contribution in [2.75, 3.05) is 11.4 Å².